The van der Waals surface area contributed by atoms with E-state index in [1.807, 2.05) is 75.4 Å². The van der Waals surface area contributed by atoms with Crippen LogP contribution in [0.15, 0.2) is 59.1 Å². The zero-order valence-electron chi connectivity index (χ0n) is 20.2. The van der Waals surface area contributed by atoms with Gasteiger partial charge in [0.25, 0.3) is 0 Å². The molecule has 4 rings (SSSR count). The molecule has 0 aliphatic heterocycles. The molecule has 1 amide bonds. The Bertz CT molecular complexity index is 1280. The number of anilines is 5. The molecule has 3 N–H and O–H groups in total. The number of aryl methyl sites for hydroxylation is 3. The van der Waals surface area contributed by atoms with E-state index in [2.05, 4.69) is 31.1 Å². The fourth-order valence-electron chi connectivity index (χ4n) is 3.60. The van der Waals surface area contributed by atoms with Gasteiger partial charge < -0.3 is 25.2 Å². The molecular formula is C26H28N6O3. The molecule has 0 aliphatic carbocycles. The van der Waals surface area contributed by atoms with Gasteiger partial charge >= 0.3 is 0 Å². The Balaban J connectivity index is 1.35. The molecule has 180 valence electrons. The van der Waals surface area contributed by atoms with Crippen molar-refractivity contribution in [1.82, 2.24) is 15.1 Å². The lowest BCUT2D eigenvalue weighted by Gasteiger charge is -2.11. The second-order valence-corrected chi connectivity index (χ2v) is 8.12. The van der Waals surface area contributed by atoms with Gasteiger partial charge in [0.1, 0.15) is 17.3 Å². The molecule has 0 saturated heterocycles. The lowest BCUT2D eigenvalue weighted by Crippen LogP contribution is -2.12. The van der Waals surface area contributed by atoms with E-state index >= 15 is 0 Å². The summed E-state index contributed by atoms with van der Waals surface area (Å²) in [5.41, 5.74) is 5.04. The second-order valence-electron chi connectivity index (χ2n) is 8.12. The molecule has 2 aromatic heterocycles. The minimum Gasteiger partial charge on any atom is -0.497 e. The molecule has 0 radical (unpaired) electrons. The first-order chi connectivity index (χ1) is 16.9. The monoisotopic (exact) mass is 472 g/mol. The molecule has 0 spiro atoms. The van der Waals surface area contributed by atoms with Crippen LogP contribution in [0.3, 0.4) is 0 Å². The summed E-state index contributed by atoms with van der Waals surface area (Å²) in [4.78, 5) is 21.4. The fourth-order valence-corrected chi connectivity index (χ4v) is 3.60. The van der Waals surface area contributed by atoms with E-state index in [9.17, 15) is 4.79 Å². The van der Waals surface area contributed by atoms with Crippen LogP contribution in [0.4, 0.5) is 28.8 Å². The number of carbonyl (C=O) groups excluding carboxylic acids is 1. The fraction of sp³-hybridized carbons (Fsp3) is 0.231. The van der Waals surface area contributed by atoms with Gasteiger partial charge in [-0.3, -0.25) is 4.79 Å². The summed E-state index contributed by atoms with van der Waals surface area (Å²) < 4.78 is 10.4. The average Bonchev–Trinajstić information content (AvgIpc) is 3.16. The molecule has 9 heteroatoms. The number of rotatable bonds is 9. The topological polar surface area (TPSA) is 114 Å². The van der Waals surface area contributed by atoms with Crippen molar-refractivity contribution in [2.45, 2.75) is 33.6 Å². The highest BCUT2D eigenvalue weighted by Crippen LogP contribution is 2.22. The Morgan fingerprint density at radius 1 is 0.914 bits per heavy atom. The molecule has 4 aromatic rings. The van der Waals surface area contributed by atoms with Crippen molar-refractivity contribution in [3.63, 3.8) is 0 Å². The molecular weight excluding hydrogens is 444 g/mol. The van der Waals surface area contributed by atoms with Crippen LogP contribution in [0.25, 0.3) is 0 Å². The number of amides is 1. The van der Waals surface area contributed by atoms with E-state index in [1.54, 1.807) is 7.11 Å². The van der Waals surface area contributed by atoms with Crippen LogP contribution >= 0.6 is 0 Å². The molecule has 9 nitrogen and oxygen atoms in total. The molecule has 0 fully saturated rings. The summed E-state index contributed by atoms with van der Waals surface area (Å²) in [6, 6.07) is 16.9. The molecule has 0 atom stereocenters. The number of carbonyl (C=O) groups is 1. The first kappa shape index (κ1) is 23.7. The Morgan fingerprint density at radius 3 is 2.23 bits per heavy atom. The lowest BCUT2D eigenvalue weighted by molar-refractivity contribution is -0.116. The zero-order chi connectivity index (χ0) is 24.8. The number of ether oxygens (including phenoxy) is 1. The number of nitrogens with zero attached hydrogens (tertiary/aromatic N) is 3. The Labute approximate surface area is 203 Å². The highest BCUT2D eigenvalue weighted by molar-refractivity contribution is 5.91. The summed E-state index contributed by atoms with van der Waals surface area (Å²) in [5, 5.41) is 13.3. The van der Waals surface area contributed by atoms with Gasteiger partial charge in [-0.05, 0) is 75.7 Å². The normalized spacial score (nSPS) is 10.6. The van der Waals surface area contributed by atoms with E-state index in [0.717, 1.165) is 39.8 Å². The maximum atomic E-state index is 12.4. The summed E-state index contributed by atoms with van der Waals surface area (Å²) in [6.45, 7) is 5.65. The Hall–Kier alpha value is -4.40. The van der Waals surface area contributed by atoms with Gasteiger partial charge in [-0.1, -0.05) is 5.16 Å². The molecule has 2 heterocycles. The van der Waals surface area contributed by atoms with E-state index in [-0.39, 0.29) is 5.91 Å². The van der Waals surface area contributed by atoms with Crippen molar-refractivity contribution in [2.24, 2.45) is 0 Å². The van der Waals surface area contributed by atoms with Crippen molar-refractivity contribution >= 4 is 34.7 Å². The first-order valence-corrected chi connectivity index (χ1v) is 11.2. The minimum atomic E-state index is -0.0676. The van der Waals surface area contributed by atoms with Gasteiger partial charge in [-0.15, -0.1) is 0 Å². The third kappa shape index (κ3) is 6.35. The van der Waals surface area contributed by atoms with E-state index in [1.165, 1.54) is 0 Å². The van der Waals surface area contributed by atoms with Gasteiger partial charge in [-0.2, -0.15) is 4.98 Å². The third-order valence-electron chi connectivity index (χ3n) is 5.42. The number of nitrogens with one attached hydrogen (secondary N) is 3. The summed E-state index contributed by atoms with van der Waals surface area (Å²) in [5.74, 6) is 2.62. The number of methoxy groups -OCH3 is 1. The van der Waals surface area contributed by atoms with E-state index < -0.39 is 0 Å². The Morgan fingerprint density at radius 2 is 1.57 bits per heavy atom. The number of hydrogen-bond acceptors (Lipinski definition) is 8. The highest BCUT2D eigenvalue weighted by Gasteiger charge is 2.11. The van der Waals surface area contributed by atoms with Gasteiger partial charge in [0.2, 0.25) is 11.9 Å². The van der Waals surface area contributed by atoms with Crippen LogP contribution in [0.2, 0.25) is 0 Å². The van der Waals surface area contributed by atoms with Gasteiger partial charge in [0, 0.05) is 40.8 Å². The number of aromatic nitrogens is 3. The summed E-state index contributed by atoms with van der Waals surface area (Å²) in [7, 11) is 1.64. The molecule has 0 aliphatic rings. The molecule has 0 unspecified atom stereocenters. The molecule has 2 aromatic carbocycles. The van der Waals surface area contributed by atoms with E-state index in [4.69, 9.17) is 9.26 Å². The quantitative estimate of drug-likeness (QED) is 0.294. The summed E-state index contributed by atoms with van der Waals surface area (Å²) >= 11 is 0. The third-order valence-corrected chi connectivity index (χ3v) is 5.42. The smallest absolute Gasteiger partial charge is 0.229 e. The van der Waals surface area contributed by atoms with Gasteiger partial charge in [-0.25, -0.2) is 4.98 Å². The average molecular weight is 473 g/mol. The molecule has 35 heavy (non-hydrogen) atoms. The first-order valence-electron chi connectivity index (χ1n) is 11.2. The SMILES string of the molecule is COc1ccc(Nc2cc(C)nc(Nc3ccc(NC(=O)CCc4c(C)noc4C)cc3)n2)cc1. The zero-order valence-corrected chi connectivity index (χ0v) is 20.2. The Kier molecular flexibility index (Phi) is 7.25. The van der Waals surface area contributed by atoms with Crippen molar-refractivity contribution in [2.75, 3.05) is 23.1 Å². The van der Waals surface area contributed by atoms with Crippen LogP contribution in [-0.4, -0.2) is 28.1 Å². The van der Waals surface area contributed by atoms with Crippen LogP contribution in [0.5, 0.6) is 5.75 Å². The largest absolute Gasteiger partial charge is 0.497 e. The van der Waals surface area contributed by atoms with Crippen molar-refractivity contribution in [1.29, 1.82) is 0 Å². The molecule has 0 saturated carbocycles. The lowest BCUT2D eigenvalue weighted by atomic mass is 10.1. The minimum absolute atomic E-state index is 0.0676. The number of hydrogen-bond donors (Lipinski definition) is 3. The predicted molar refractivity (Wildman–Crippen MR) is 136 cm³/mol. The van der Waals surface area contributed by atoms with E-state index in [0.29, 0.717) is 30.3 Å². The standard InChI is InChI=1S/C26H28N6O3/c1-16-15-24(28-19-9-11-22(34-4)12-10-19)31-26(27-16)30-21-7-5-20(6-8-21)29-25(33)14-13-23-17(2)32-35-18(23)3/h5-12,15H,13-14H2,1-4H3,(H,29,33)(H2,27,28,30,31). The molecule has 0 bridgehead atoms. The highest BCUT2D eigenvalue weighted by atomic mass is 16.5. The van der Waals surface area contributed by atoms with Gasteiger partial charge in [0.05, 0.1) is 12.8 Å². The van der Waals surface area contributed by atoms with Crippen LogP contribution in [-0.2, 0) is 11.2 Å². The second kappa shape index (κ2) is 10.7. The van der Waals surface area contributed by atoms with Gasteiger partial charge in [0.15, 0.2) is 0 Å². The maximum absolute atomic E-state index is 12.4. The van der Waals surface area contributed by atoms with Crippen LogP contribution in [0, 0.1) is 20.8 Å². The maximum Gasteiger partial charge on any atom is 0.229 e. The summed E-state index contributed by atoms with van der Waals surface area (Å²) in [6.07, 6.45) is 0.939. The van der Waals surface area contributed by atoms with Crippen molar-refractivity contribution < 1.29 is 14.1 Å². The van der Waals surface area contributed by atoms with Crippen molar-refractivity contribution in [3.8, 4) is 5.75 Å². The number of benzene rings is 2. The van der Waals surface area contributed by atoms with Crippen molar-refractivity contribution in [3.05, 3.63) is 77.3 Å². The predicted octanol–water partition coefficient (Wildman–Crippen LogP) is 5.46. The van der Waals surface area contributed by atoms with Crippen LogP contribution < -0.4 is 20.7 Å². The van der Waals surface area contributed by atoms with Crippen LogP contribution in [0.1, 0.15) is 29.1 Å².